The molecule has 4 heteroatoms. The maximum Gasteiger partial charge on any atom is 0.335 e. The van der Waals surface area contributed by atoms with Gasteiger partial charge in [0.05, 0.1) is 0 Å². The number of esters is 2. The molecular formula is C26H26O4. The number of ether oxygens (including phenoxy) is 2. The average Bonchev–Trinajstić information content (AvgIpc) is 2.79. The standard InChI is InChI=1S/C26H26O4/c1-3-23(29-25(27)19-15-21-11-7-5-8-12-21)17-18-24(4-2)30-26(28)20-16-22-13-9-6-10-14-22/h5-20H,3-4H2,1-2H3/b19-15+,20-16+,23-17-,24-18-. The third-order valence-electron chi connectivity index (χ3n) is 4.04. The van der Waals surface area contributed by atoms with Crippen LogP contribution in [0.15, 0.2) is 96.5 Å². The Balaban J connectivity index is 1.95. The molecule has 0 heterocycles. The molecule has 0 aliphatic heterocycles. The fourth-order valence-electron chi connectivity index (χ4n) is 2.42. The van der Waals surface area contributed by atoms with Crippen molar-refractivity contribution < 1.29 is 19.1 Å². The van der Waals surface area contributed by atoms with Crippen molar-refractivity contribution in [3.05, 3.63) is 108 Å². The molecule has 0 atom stereocenters. The molecule has 2 rings (SSSR count). The highest BCUT2D eigenvalue weighted by atomic mass is 16.5. The normalized spacial score (nSPS) is 12.3. The predicted octanol–water partition coefficient (Wildman–Crippen LogP) is 6.09. The Hall–Kier alpha value is -3.66. The van der Waals surface area contributed by atoms with Gasteiger partial charge in [0, 0.05) is 25.0 Å². The zero-order valence-corrected chi connectivity index (χ0v) is 17.3. The van der Waals surface area contributed by atoms with Gasteiger partial charge >= 0.3 is 11.9 Å². The van der Waals surface area contributed by atoms with Gasteiger partial charge in [0.2, 0.25) is 0 Å². The third kappa shape index (κ3) is 8.57. The van der Waals surface area contributed by atoms with E-state index in [2.05, 4.69) is 0 Å². The maximum atomic E-state index is 12.0. The van der Waals surface area contributed by atoms with E-state index in [1.165, 1.54) is 12.2 Å². The summed E-state index contributed by atoms with van der Waals surface area (Å²) < 4.78 is 10.7. The van der Waals surface area contributed by atoms with Crippen molar-refractivity contribution >= 4 is 24.1 Å². The van der Waals surface area contributed by atoms with Crippen LogP contribution in [0.5, 0.6) is 0 Å². The monoisotopic (exact) mass is 402 g/mol. The van der Waals surface area contributed by atoms with Crippen LogP contribution in [0.25, 0.3) is 12.2 Å². The molecule has 0 saturated carbocycles. The maximum absolute atomic E-state index is 12.0. The molecule has 154 valence electrons. The largest absolute Gasteiger partial charge is 0.428 e. The first-order chi connectivity index (χ1) is 14.6. The summed E-state index contributed by atoms with van der Waals surface area (Å²) in [5, 5.41) is 0. The van der Waals surface area contributed by atoms with Crippen molar-refractivity contribution in [1.82, 2.24) is 0 Å². The molecule has 2 aromatic carbocycles. The van der Waals surface area contributed by atoms with Crippen LogP contribution in [0.3, 0.4) is 0 Å². The number of rotatable bonds is 9. The molecule has 0 fully saturated rings. The van der Waals surface area contributed by atoms with Crippen molar-refractivity contribution in [1.29, 1.82) is 0 Å². The Morgan fingerprint density at radius 3 is 1.37 bits per heavy atom. The van der Waals surface area contributed by atoms with E-state index in [9.17, 15) is 9.59 Å². The summed E-state index contributed by atoms with van der Waals surface area (Å²) in [6.45, 7) is 3.77. The average molecular weight is 402 g/mol. The minimum absolute atomic E-state index is 0.457. The number of hydrogen-bond donors (Lipinski definition) is 0. The van der Waals surface area contributed by atoms with Gasteiger partial charge in [-0.05, 0) is 35.4 Å². The Morgan fingerprint density at radius 2 is 1.03 bits per heavy atom. The summed E-state index contributed by atoms with van der Waals surface area (Å²) in [5.74, 6) is 0.0569. The van der Waals surface area contributed by atoms with Gasteiger partial charge in [-0.15, -0.1) is 0 Å². The summed E-state index contributed by atoms with van der Waals surface area (Å²) in [5.41, 5.74) is 1.83. The molecule has 4 nitrogen and oxygen atoms in total. The van der Waals surface area contributed by atoms with Crippen molar-refractivity contribution in [3.8, 4) is 0 Å². The van der Waals surface area contributed by atoms with E-state index in [4.69, 9.17) is 9.47 Å². The molecule has 0 aliphatic rings. The van der Waals surface area contributed by atoms with Gasteiger partial charge in [0.1, 0.15) is 11.5 Å². The molecule has 30 heavy (non-hydrogen) atoms. The Bertz CT molecular complexity index is 856. The van der Waals surface area contributed by atoms with Gasteiger partial charge in [-0.2, -0.15) is 0 Å². The lowest BCUT2D eigenvalue weighted by Crippen LogP contribution is -2.01. The minimum atomic E-state index is -0.457. The lowest BCUT2D eigenvalue weighted by molar-refractivity contribution is -0.135. The lowest BCUT2D eigenvalue weighted by atomic mass is 10.2. The van der Waals surface area contributed by atoms with E-state index in [-0.39, 0.29) is 0 Å². The van der Waals surface area contributed by atoms with Crippen molar-refractivity contribution in [2.45, 2.75) is 26.7 Å². The quantitative estimate of drug-likeness (QED) is 0.220. The zero-order chi connectivity index (χ0) is 21.6. The topological polar surface area (TPSA) is 52.6 Å². The second kappa shape index (κ2) is 12.7. The summed E-state index contributed by atoms with van der Waals surface area (Å²) >= 11 is 0. The fourth-order valence-corrected chi connectivity index (χ4v) is 2.42. The van der Waals surface area contributed by atoms with Crippen LogP contribution >= 0.6 is 0 Å². The summed E-state index contributed by atoms with van der Waals surface area (Å²) in [4.78, 5) is 24.1. The van der Waals surface area contributed by atoms with Gasteiger partial charge in [-0.1, -0.05) is 74.5 Å². The summed E-state index contributed by atoms with van der Waals surface area (Å²) in [7, 11) is 0. The highest BCUT2D eigenvalue weighted by Gasteiger charge is 2.04. The predicted molar refractivity (Wildman–Crippen MR) is 120 cm³/mol. The van der Waals surface area contributed by atoms with Crippen molar-refractivity contribution in [2.24, 2.45) is 0 Å². The van der Waals surface area contributed by atoms with Gasteiger partial charge < -0.3 is 9.47 Å². The van der Waals surface area contributed by atoms with Crippen LogP contribution in [0.1, 0.15) is 37.8 Å². The van der Waals surface area contributed by atoms with Crippen molar-refractivity contribution in [3.63, 3.8) is 0 Å². The molecule has 0 spiro atoms. The van der Waals surface area contributed by atoms with E-state index in [0.717, 1.165) is 11.1 Å². The smallest absolute Gasteiger partial charge is 0.335 e. The highest BCUT2D eigenvalue weighted by molar-refractivity contribution is 5.88. The summed E-state index contributed by atoms with van der Waals surface area (Å²) in [6, 6.07) is 19.0. The van der Waals surface area contributed by atoms with E-state index in [1.54, 1.807) is 24.3 Å². The molecule has 2 aromatic rings. The Morgan fingerprint density at radius 1 is 0.667 bits per heavy atom. The first-order valence-corrected chi connectivity index (χ1v) is 9.90. The SMILES string of the molecule is CC/C(=C/C=C(/CC)OC(=O)/C=C/c1ccccc1)OC(=O)/C=C/c1ccccc1. The van der Waals surface area contributed by atoms with Crippen LogP contribution < -0.4 is 0 Å². The van der Waals surface area contributed by atoms with Crippen molar-refractivity contribution in [2.75, 3.05) is 0 Å². The van der Waals surface area contributed by atoms with Crippen LogP contribution in [0, 0.1) is 0 Å². The third-order valence-corrected chi connectivity index (χ3v) is 4.04. The van der Waals surface area contributed by atoms with Crippen LogP contribution in [-0.4, -0.2) is 11.9 Å². The first kappa shape index (κ1) is 22.6. The highest BCUT2D eigenvalue weighted by Crippen LogP contribution is 2.11. The molecule has 0 unspecified atom stereocenters. The van der Waals surface area contributed by atoms with Gasteiger partial charge in [0.15, 0.2) is 0 Å². The number of carbonyl (C=O) groups excluding carboxylic acids is 2. The Kier molecular flexibility index (Phi) is 9.60. The molecular weight excluding hydrogens is 376 g/mol. The fraction of sp³-hybridized carbons (Fsp3) is 0.154. The lowest BCUT2D eigenvalue weighted by Gasteiger charge is -2.05. The van der Waals surface area contributed by atoms with E-state index >= 15 is 0 Å². The number of allylic oxidation sites excluding steroid dienone is 4. The van der Waals surface area contributed by atoms with Gasteiger partial charge in [-0.3, -0.25) is 0 Å². The first-order valence-electron chi connectivity index (χ1n) is 9.90. The van der Waals surface area contributed by atoms with E-state index in [0.29, 0.717) is 24.4 Å². The number of hydrogen-bond acceptors (Lipinski definition) is 4. The minimum Gasteiger partial charge on any atom is -0.428 e. The molecule has 0 aliphatic carbocycles. The summed E-state index contributed by atoms with van der Waals surface area (Å²) in [6.07, 6.45) is 10.5. The second-order valence-corrected chi connectivity index (χ2v) is 6.30. The second-order valence-electron chi connectivity index (χ2n) is 6.30. The molecule has 0 radical (unpaired) electrons. The van der Waals surface area contributed by atoms with Crippen LogP contribution in [0.2, 0.25) is 0 Å². The van der Waals surface area contributed by atoms with E-state index in [1.807, 2.05) is 74.5 Å². The molecule has 0 saturated heterocycles. The van der Waals surface area contributed by atoms with Crippen LogP contribution in [0.4, 0.5) is 0 Å². The molecule has 0 amide bonds. The number of benzene rings is 2. The number of carbonyl (C=O) groups is 2. The zero-order valence-electron chi connectivity index (χ0n) is 17.3. The molecule has 0 bridgehead atoms. The van der Waals surface area contributed by atoms with Gasteiger partial charge in [-0.25, -0.2) is 9.59 Å². The molecule has 0 aromatic heterocycles. The molecule has 0 N–H and O–H groups in total. The van der Waals surface area contributed by atoms with E-state index < -0.39 is 11.9 Å². The Labute approximate surface area is 177 Å². The van der Waals surface area contributed by atoms with Crippen LogP contribution in [-0.2, 0) is 19.1 Å². The van der Waals surface area contributed by atoms with Gasteiger partial charge in [0.25, 0.3) is 0 Å².